The first-order valence-corrected chi connectivity index (χ1v) is 9.88. The highest BCUT2D eigenvalue weighted by Crippen LogP contribution is 2.15. The molecule has 0 aliphatic carbocycles. The van der Waals surface area contributed by atoms with Crippen LogP contribution >= 0.6 is 0 Å². The normalized spacial score (nSPS) is 12.3. The monoisotopic (exact) mass is 373 g/mol. The number of para-hydroxylation sites is 1. The summed E-state index contributed by atoms with van der Waals surface area (Å²) in [6.07, 6.45) is 5.59. The molecule has 0 saturated heterocycles. The number of nitrogens with one attached hydrogen (secondary N) is 1. The fraction of sp³-hybridized carbons (Fsp3) is 0.571. The van der Waals surface area contributed by atoms with Gasteiger partial charge in [-0.3, -0.25) is 14.2 Å². The van der Waals surface area contributed by atoms with Gasteiger partial charge in [-0.1, -0.05) is 38.3 Å². The Morgan fingerprint density at radius 3 is 2.74 bits per heavy atom. The molecule has 0 bridgehead atoms. The summed E-state index contributed by atoms with van der Waals surface area (Å²) in [5, 5.41) is 4.09. The molecule has 1 aromatic heterocycles. The lowest BCUT2D eigenvalue weighted by atomic mass is 10.2. The molecule has 2 aromatic rings. The summed E-state index contributed by atoms with van der Waals surface area (Å²) < 4.78 is 6.40. The van der Waals surface area contributed by atoms with E-state index >= 15 is 0 Å². The van der Waals surface area contributed by atoms with Crippen molar-refractivity contribution in [1.82, 2.24) is 14.9 Å². The van der Waals surface area contributed by atoms with E-state index in [1.807, 2.05) is 25.1 Å². The highest BCUT2D eigenvalue weighted by atomic mass is 16.5. The van der Waals surface area contributed by atoms with Gasteiger partial charge in [-0.15, -0.1) is 0 Å². The average molecular weight is 373 g/mol. The number of benzene rings is 1. The number of hydrogen-bond acceptors (Lipinski definition) is 5. The molecule has 6 heteroatoms. The van der Waals surface area contributed by atoms with Crippen molar-refractivity contribution in [2.24, 2.45) is 0 Å². The molecule has 0 spiro atoms. The number of methoxy groups -OCH3 is 1. The number of carbonyl (C=O) groups is 1. The van der Waals surface area contributed by atoms with Crippen LogP contribution in [0, 0.1) is 0 Å². The van der Waals surface area contributed by atoms with Crippen molar-refractivity contribution in [1.29, 1.82) is 0 Å². The topological polar surface area (TPSA) is 73.2 Å². The molecule has 27 heavy (non-hydrogen) atoms. The third-order valence-electron chi connectivity index (χ3n) is 4.75. The van der Waals surface area contributed by atoms with E-state index in [0.717, 1.165) is 18.8 Å². The first kappa shape index (κ1) is 21.1. The summed E-state index contributed by atoms with van der Waals surface area (Å²) in [7, 11) is 1.38. The number of ether oxygens (including phenoxy) is 1. The van der Waals surface area contributed by atoms with Crippen molar-refractivity contribution in [3.63, 3.8) is 0 Å². The minimum absolute atomic E-state index is 0.0398. The number of aromatic nitrogens is 2. The summed E-state index contributed by atoms with van der Waals surface area (Å²) in [4.78, 5) is 29.2. The predicted molar refractivity (Wildman–Crippen MR) is 108 cm³/mol. The van der Waals surface area contributed by atoms with Gasteiger partial charge in [0.25, 0.3) is 5.56 Å². The van der Waals surface area contributed by atoms with Crippen molar-refractivity contribution < 1.29 is 9.53 Å². The second kappa shape index (κ2) is 10.8. The molecule has 0 unspecified atom stereocenters. The van der Waals surface area contributed by atoms with Gasteiger partial charge in [0, 0.05) is 13.0 Å². The van der Waals surface area contributed by atoms with E-state index in [1.165, 1.54) is 26.4 Å². The molecule has 148 valence electrons. The third-order valence-corrected chi connectivity index (χ3v) is 4.75. The molecule has 0 amide bonds. The largest absolute Gasteiger partial charge is 0.469 e. The number of unbranched alkanes of at least 4 members (excludes halogenated alkanes) is 3. The van der Waals surface area contributed by atoms with E-state index in [-0.39, 0.29) is 24.0 Å². The third kappa shape index (κ3) is 5.89. The number of carbonyl (C=O) groups excluding carboxylic acids is 1. The standard InChI is InChI=1S/C21H31N3O3/c1-4-5-6-9-14-22-16(2)20-23-18-12-8-7-11-17(18)21(26)24(20)15-10-13-19(25)27-3/h7-8,11-12,16,22H,4-6,9-10,13-15H2,1-3H3/t16-/m0/s1. The summed E-state index contributed by atoms with van der Waals surface area (Å²) >= 11 is 0. The molecule has 1 aromatic carbocycles. The molecular weight excluding hydrogens is 342 g/mol. The second-order valence-electron chi connectivity index (χ2n) is 6.86. The summed E-state index contributed by atoms with van der Waals surface area (Å²) in [6.45, 7) is 5.57. The Hall–Kier alpha value is -2.21. The van der Waals surface area contributed by atoms with Crippen molar-refractivity contribution in [3.05, 3.63) is 40.4 Å². The number of rotatable bonds is 11. The molecule has 1 heterocycles. The second-order valence-corrected chi connectivity index (χ2v) is 6.86. The van der Waals surface area contributed by atoms with Crippen molar-refractivity contribution in [3.8, 4) is 0 Å². The van der Waals surface area contributed by atoms with Crippen LogP contribution in [0.3, 0.4) is 0 Å². The van der Waals surface area contributed by atoms with Crippen LogP contribution < -0.4 is 10.9 Å². The molecule has 0 aliphatic rings. The zero-order chi connectivity index (χ0) is 19.6. The minimum Gasteiger partial charge on any atom is -0.469 e. The van der Waals surface area contributed by atoms with Gasteiger partial charge in [-0.05, 0) is 38.4 Å². The van der Waals surface area contributed by atoms with Gasteiger partial charge in [-0.2, -0.15) is 0 Å². The van der Waals surface area contributed by atoms with Crippen molar-refractivity contribution in [2.75, 3.05) is 13.7 Å². The van der Waals surface area contributed by atoms with Crippen molar-refractivity contribution >= 4 is 16.9 Å². The Kier molecular flexibility index (Phi) is 8.45. The lowest BCUT2D eigenvalue weighted by Crippen LogP contribution is -2.31. The quantitative estimate of drug-likeness (QED) is 0.481. The summed E-state index contributed by atoms with van der Waals surface area (Å²) in [5.41, 5.74) is 0.654. The van der Waals surface area contributed by atoms with Crippen LogP contribution in [0.4, 0.5) is 0 Å². The molecule has 2 rings (SSSR count). The zero-order valence-electron chi connectivity index (χ0n) is 16.7. The zero-order valence-corrected chi connectivity index (χ0v) is 16.7. The Bertz CT molecular complexity index is 801. The molecule has 0 aliphatic heterocycles. The molecule has 0 radical (unpaired) electrons. The van der Waals surface area contributed by atoms with Gasteiger partial charge in [0.05, 0.1) is 24.1 Å². The maximum absolute atomic E-state index is 13.0. The number of hydrogen-bond donors (Lipinski definition) is 1. The first-order valence-electron chi connectivity index (χ1n) is 9.88. The van der Waals surface area contributed by atoms with Crippen LogP contribution in [0.15, 0.2) is 29.1 Å². The first-order chi connectivity index (χ1) is 13.1. The smallest absolute Gasteiger partial charge is 0.305 e. The van der Waals surface area contributed by atoms with Gasteiger partial charge >= 0.3 is 5.97 Å². The predicted octanol–water partition coefficient (Wildman–Crippen LogP) is 3.58. The molecular formula is C21H31N3O3. The summed E-state index contributed by atoms with van der Waals surface area (Å²) in [5.74, 6) is 0.458. The van der Waals surface area contributed by atoms with Crippen LogP contribution in [-0.4, -0.2) is 29.2 Å². The number of nitrogens with zero attached hydrogens (tertiary/aromatic N) is 2. The Balaban J connectivity index is 2.21. The molecule has 6 nitrogen and oxygen atoms in total. The maximum Gasteiger partial charge on any atom is 0.305 e. The van der Waals surface area contributed by atoms with Crippen LogP contribution in [0.2, 0.25) is 0 Å². The molecule has 1 atom stereocenters. The van der Waals surface area contributed by atoms with Gasteiger partial charge < -0.3 is 10.1 Å². The van der Waals surface area contributed by atoms with E-state index in [2.05, 4.69) is 12.2 Å². The Labute approximate surface area is 160 Å². The highest BCUT2D eigenvalue weighted by Gasteiger charge is 2.16. The van der Waals surface area contributed by atoms with E-state index < -0.39 is 0 Å². The molecule has 1 N–H and O–H groups in total. The Morgan fingerprint density at radius 2 is 2.00 bits per heavy atom. The van der Waals surface area contributed by atoms with Gasteiger partial charge in [-0.25, -0.2) is 4.98 Å². The molecule has 0 saturated carbocycles. The maximum atomic E-state index is 13.0. The summed E-state index contributed by atoms with van der Waals surface area (Å²) in [6, 6.07) is 7.37. The molecule has 0 fully saturated rings. The van der Waals surface area contributed by atoms with Gasteiger partial charge in [0.2, 0.25) is 0 Å². The number of esters is 1. The van der Waals surface area contributed by atoms with Crippen LogP contribution in [-0.2, 0) is 16.1 Å². The van der Waals surface area contributed by atoms with Crippen molar-refractivity contribution in [2.45, 2.75) is 65.0 Å². The fourth-order valence-electron chi connectivity index (χ4n) is 3.18. The van der Waals surface area contributed by atoms with Crippen LogP contribution in [0.5, 0.6) is 0 Å². The van der Waals surface area contributed by atoms with Crippen LogP contribution in [0.25, 0.3) is 10.9 Å². The van der Waals surface area contributed by atoms with Gasteiger partial charge in [0.15, 0.2) is 0 Å². The van der Waals surface area contributed by atoms with Gasteiger partial charge in [0.1, 0.15) is 5.82 Å². The van der Waals surface area contributed by atoms with E-state index in [0.29, 0.717) is 23.9 Å². The van der Waals surface area contributed by atoms with Crippen LogP contribution in [0.1, 0.15) is 64.2 Å². The SMILES string of the molecule is CCCCCCN[C@@H](C)c1nc2ccccc2c(=O)n1CCCC(=O)OC. The highest BCUT2D eigenvalue weighted by molar-refractivity contribution is 5.77. The van der Waals surface area contributed by atoms with E-state index in [1.54, 1.807) is 10.6 Å². The lowest BCUT2D eigenvalue weighted by molar-refractivity contribution is -0.140. The fourth-order valence-corrected chi connectivity index (χ4v) is 3.18. The average Bonchev–Trinajstić information content (AvgIpc) is 2.69. The van der Waals surface area contributed by atoms with E-state index in [9.17, 15) is 9.59 Å². The minimum atomic E-state index is -0.263. The number of fused-ring (bicyclic) bond motifs is 1. The Morgan fingerprint density at radius 1 is 1.22 bits per heavy atom. The lowest BCUT2D eigenvalue weighted by Gasteiger charge is -2.19. The van der Waals surface area contributed by atoms with E-state index in [4.69, 9.17) is 9.72 Å².